The van der Waals surface area contributed by atoms with E-state index in [1.54, 1.807) is 0 Å². The number of nitrogens with zero attached hydrogens (tertiary/aromatic N) is 1. The molecule has 0 saturated heterocycles. The summed E-state index contributed by atoms with van der Waals surface area (Å²) in [6, 6.07) is 0. The monoisotopic (exact) mass is 256 g/mol. The van der Waals surface area contributed by atoms with Crippen molar-refractivity contribution in [1.82, 2.24) is 10.2 Å². The van der Waals surface area contributed by atoms with Gasteiger partial charge in [0, 0.05) is 13.6 Å². The molecule has 2 atom stereocenters. The minimum absolute atomic E-state index is 0.0195. The summed E-state index contributed by atoms with van der Waals surface area (Å²) in [6.45, 7) is 4.52. The summed E-state index contributed by atoms with van der Waals surface area (Å²) in [4.78, 5) is 35.2. The predicted molar refractivity (Wildman–Crippen MR) is 64.7 cm³/mol. The Hall–Kier alpha value is -1.59. The quantitative estimate of drug-likeness (QED) is 0.697. The van der Waals surface area contributed by atoms with E-state index < -0.39 is 17.8 Å². The second kappa shape index (κ2) is 5.84. The average molecular weight is 256 g/mol. The fourth-order valence-electron chi connectivity index (χ4n) is 1.69. The average Bonchev–Trinajstić information content (AvgIpc) is 3.05. The van der Waals surface area contributed by atoms with Crippen molar-refractivity contribution >= 4 is 17.8 Å². The van der Waals surface area contributed by atoms with Crippen LogP contribution in [0.1, 0.15) is 20.3 Å². The summed E-state index contributed by atoms with van der Waals surface area (Å²) in [5.41, 5.74) is 0. The maximum Gasteiger partial charge on any atom is 0.307 e. The van der Waals surface area contributed by atoms with Crippen molar-refractivity contribution in [2.45, 2.75) is 20.3 Å². The van der Waals surface area contributed by atoms with Crippen LogP contribution in [0.4, 0.5) is 0 Å². The molecule has 0 spiro atoms. The van der Waals surface area contributed by atoms with Crippen LogP contribution < -0.4 is 5.32 Å². The topological polar surface area (TPSA) is 86.7 Å². The molecule has 1 fully saturated rings. The summed E-state index contributed by atoms with van der Waals surface area (Å²) < 4.78 is 0. The normalized spacial score (nSPS) is 21.6. The zero-order valence-electron chi connectivity index (χ0n) is 11.0. The highest BCUT2D eigenvalue weighted by Crippen LogP contribution is 2.39. The number of carbonyl (C=O) groups excluding carboxylic acids is 2. The Morgan fingerprint density at radius 2 is 1.94 bits per heavy atom. The van der Waals surface area contributed by atoms with Crippen molar-refractivity contribution in [3.05, 3.63) is 0 Å². The number of rotatable bonds is 6. The fourth-order valence-corrected chi connectivity index (χ4v) is 1.69. The van der Waals surface area contributed by atoms with Crippen LogP contribution >= 0.6 is 0 Å². The molecule has 1 aliphatic rings. The van der Waals surface area contributed by atoms with Crippen LogP contribution in [0, 0.1) is 17.8 Å². The molecule has 0 unspecified atom stereocenters. The van der Waals surface area contributed by atoms with Gasteiger partial charge < -0.3 is 15.3 Å². The third-order valence-corrected chi connectivity index (χ3v) is 2.89. The zero-order chi connectivity index (χ0) is 13.9. The third-order valence-electron chi connectivity index (χ3n) is 2.89. The van der Waals surface area contributed by atoms with Gasteiger partial charge in [-0.1, -0.05) is 13.8 Å². The van der Waals surface area contributed by atoms with E-state index in [9.17, 15) is 14.4 Å². The molecule has 102 valence electrons. The molecule has 1 aliphatic carbocycles. The molecular formula is C12H20N2O4. The molecule has 0 aromatic rings. The molecule has 1 saturated carbocycles. The number of likely N-dealkylation sites (N-methyl/N-ethyl adjacent to an activating group) is 1. The van der Waals surface area contributed by atoms with Gasteiger partial charge in [-0.15, -0.1) is 0 Å². The first-order chi connectivity index (χ1) is 8.32. The lowest BCUT2D eigenvalue weighted by molar-refractivity contribution is -0.142. The van der Waals surface area contributed by atoms with Crippen molar-refractivity contribution in [2.24, 2.45) is 17.8 Å². The van der Waals surface area contributed by atoms with Crippen LogP contribution in [0.3, 0.4) is 0 Å². The van der Waals surface area contributed by atoms with Crippen molar-refractivity contribution < 1.29 is 19.5 Å². The summed E-state index contributed by atoms with van der Waals surface area (Å²) in [5.74, 6) is -2.08. The minimum Gasteiger partial charge on any atom is -0.481 e. The Morgan fingerprint density at radius 1 is 1.33 bits per heavy atom. The van der Waals surface area contributed by atoms with E-state index in [1.807, 2.05) is 13.8 Å². The summed E-state index contributed by atoms with van der Waals surface area (Å²) in [7, 11) is 1.52. The lowest BCUT2D eigenvalue weighted by Gasteiger charge is -2.17. The van der Waals surface area contributed by atoms with Gasteiger partial charge in [-0.3, -0.25) is 14.4 Å². The van der Waals surface area contributed by atoms with Gasteiger partial charge in [0.25, 0.3) is 0 Å². The third kappa shape index (κ3) is 4.01. The molecule has 6 nitrogen and oxygen atoms in total. The molecule has 2 amide bonds. The van der Waals surface area contributed by atoms with E-state index in [-0.39, 0.29) is 18.4 Å². The first kappa shape index (κ1) is 14.5. The van der Waals surface area contributed by atoms with Gasteiger partial charge >= 0.3 is 5.97 Å². The molecular weight excluding hydrogens is 236 g/mol. The number of amides is 2. The Morgan fingerprint density at radius 3 is 2.39 bits per heavy atom. The zero-order valence-corrected chi connectivity index (χ0v) is 11.0. The Labute approximate surface area is 106 Å². The largest absolute Gasteiger partial charge is 0.481 e. The molecule has 0 aromatic carbocycles. The Kier molecular flexibility index (Phi) is 4.69. The SMILES string of the molecule is CC(C)CNC(=O)CN(C)C(=O)[C@@H]1C[C@@H]1C(=O)O. The number of carboxylic acid groups (broad SMARTS) is 1. The van der Waals surface area contributed by atoms with E-state index in [0.717, 1.165) is 0 Å². The van der Waals surface area contributed by atoms with Crippen LogP contribution in [-0.2, 0) is 14.4 Å². The van der Waals surface area contributed by atoms with Gasteiger partial charge in [0.15, 0.2) is 0 Å². The number of carbonyl (C=O) groups is 3. The van der Waals surface area contributed by atoms with E-state index >= 15 is 0 Å². The first-order valence-corrected chi connectivity index (χ1v) is 6.07. The molecule has 6 heteroatoms. The van der Waals surface area contributed by atoms with Crippen LogP contribution in [-0.4, -0.2) is 47.9 Å². The number of nitrogens with one attached hydrogen (secondary N) is 1. The molecule has 18 heavy (non-hydrogen) atoms. The molecule has 0 heterocycles. The molecule has 1 rings (SSSR count). The fraction of sp³-hybridized carbons (Fsp3) is 0.750. The maximum absolute atomic E-state index is 11.8. The van der Waals surface area contributed by atoms with Gasteiger partial charge in [-0.05, 0) is 12.3 Å². The Balaban J connectivity index is 2.32. The highest BCUT2D eigenvalue weighted by molar-refractivity contribution is 5.91. The minimum atomic E-state index is -0.939. The smallest absolute Gasteiger partial charge is 0.307 e. The van der Waals surface area contributed by atoms with Crippen molar-refractivity contribution in [1.29, 1.82) is 0 Å². The van der Waals surface area contributed by atoms with E-state index in [1.165, 1.54) is 11.9 Å². The molecule has 0 bridgehead atoms. The lowest BCUT2D eigenvalue weighted by atomic mass is 10.2. The van der Waals surface area contributed by atoms with Crippen molar-refractivity contribution in [3.8, 4) is 0 Å². The molecule has 0 radical (unpaired) electrons. The molecule has 0 aromatic heterocycles. The van der Waals surface area contributed by atoms with Gasteiger partial charge in [-0.25, -0.2) is 0 Å². The summed E-state index contributed by atoms with van der Waals surface area (Å²) in [5, 5.41) is 11.4. The van der Waals surface area contributed by atoms with Crippen molar-refractivity contribution in [3.63, 3.8) is 0 Å². The van der Waals surface area contributed by atoms with Crippen LogP contribution in [0.15, 0.2) is 0 Å². The highest BCUT2D eigenvalue weighted by atomic mass is 16.4. The standard InChI is InChI=1S/C12H20N2O4/c1-7(2)5-13-10(15)6-14(3)11(16)8-4-9(8)12(17)18/h7-9H,4-6H2,1-3H3,(H,13,15)(H,17,18)/t8-,9+/m1/s1. The van der Waals surface area contributed by atoms with Crippen LogP contribution in [0.2, 0.25) is 0 Å². The summed E-state index contributed by atoms with van der Waals surface area (Å²) in [6.07, 6.45) is 0.381. The van der Waals surface area contributed by atoms with Crippen molar-refractivity contribution in [2.75, 3.05) is 20.1 Å². The summed E-state index contributed by atoms with van der Waals surface area (Å²) >= 11 is 0. The van der Waals surface area contributed by atoms with Crippen LogP contribution in [0.25, 0.3) is 0 Å². The maximum atomic E-state index is 11.8. The first-order valence-electron chi connectivity index (χ1n) is 6.07. The number of carboxylic acids is 1. The lowest BCUT2D eigenvalue weighted by Crippen LogP contribution is -2.40. The molecule has 2 N–H and O–H groups in total. The van der Waals surface area contributed by atoms with Gasteiger partial charge in [-0.2, -0.15) is 0 Å². The van der Waals surface area contributed by atoms with E-state index in [2.05, 4.69) is 5.32 Å². The highest BCUT2D eigenvalue weighted by Gasteiger charge is 2.49. The van der Waals surface area contributed by atoms with E-state index in [0.29, 0.717) is 18.9 Å². The molecule has 0 aliphatic heterocycles. The van der Waals surface area contributed by atoms with Gasteiger partial charge in [0.05, 0.1) is 18.4 Å². The number of aliphatic carboxylic acids is 1. The number of hydrogen-bond donors (Lipinski definition) is 2. The number of hydrogen-bond acceptors (Lipinski definition) is 3. The van der Waals surface area contributed by atoms with Crippen LogP contribution in [0.5, 0.6) is 0 Å². The predicted octanol–water partition coefficient (Wildman–Crippen LogP) is -0.0623. The van der Waals surface area contributed by atoms with E-state index in [4.69, 9.17) is 5.11 Å². The van der Waals surface area contributed by atoms with Gasteiger partial charge in [0.1, 0.15) is 0 Å². The van der Waals surface area contributed by atoms with Gasteiger partial charge in [0.2, 0.25) is 11.8 Å². The second-order valence-corrected chi connectivity index (χ2v) is 5.18. The second-order valence-electron chi connectivity index (χ2n) is 5.18. The Bertz CT molecular complexity index is 354.